The predicted molar refractivity (Wildman–Crippen MR) is 81.5 cm³/mol. The first-order chi connectivity index (χ1) is 9.45. The molecule has 2 rings (SSSR count). The number of rotatable bonds is 4. The van der Waals surface area contributed by atoms with Gasteiger partial charge in [0.15, 0.2) is 0 Å². The van der Waals surface area contributed by atoms with E-state index in [9.17, 15) is 8.42 Å². The SMILES string of the molecule is CC(C)N1CCN(S(=O)(=O)c2cccc(CCl)c2)CC1. The molecule has 0 aromatic heterocycles. The number of benzene rings is 1. The van der Waals surface area contributed by atoms with Gasteiger partial charge in [-0.25, -0.2) is 8.42 Å². The van der Waals surface area contributed by atoms with Crippen LogP contribution in [0.25, 0.3) is 0 Å². The van der Waals surface area contributed by atoms with Crippen molar-refractivity contribution in [1.29, 1.82) is 0 Å². The van der Waals surface area contributed by atoms with Crippen LogP contribution < -0.4 is 0 Å². The van der Waals surface area contributed by atoms with Crippen LogP contribution in [0.3, 0.4) is 0 Å². The van der Waals surface area contributed by atoms with Crippen LogP contribution in [0.5, 0.6) is 0 Å². The van der Waals surface area contributed by atoms with Crippen molar-refractivity contribution in [2.45, 2.75) is 30.7 Å². The van der Waals surface area contributed by atoms with Crippen LogP contribution in [-0.4, -0.2) is 49.8 Å². The summed E-state index contributed by atoms with van der Waals surface area (Å²) in [6.07, 6.45) is 0. The van der Waals surface area contributed by atoms with Gasteiger partial charge in [-0.3, -0.25) is 4.90 Å². The number of hydrogen-bond acceptors (Lipinski definition) is 3. The maximum Gasteiger partial charge on any atom is 0.243 e. The monoisotopic (exact) mass is 316 g/mol. The molecule has 0 atom stereocenters. The van der Waals surface area contributed by atoms with Gasteiger partial charge in [-0.05, 0) is 31.5 Å². The van der Waals surface area contributed by atoms with Gasteiger partial charge in [-0.15, -0.1) is 11.6 Å². The Labute approximate surface area is 126 Å². The zero-order valence-electron chi connectivity index (χ0n) is 11.9. The summed E-state index contributed by atoms with van der Waals surface area (Å²) in [6.45, 7) is 6.93. The lowest BCUT2D eigenvalue weighted by Gasteiger charge is -2.36. The van der Waals surface area contributed by atoms with Gasteiger partial charge in [0.2, 0.25) is 10.0 Å². The van der Waals surface area contributed by atoms with Crippen LogP contribution in [0.2, 0.25) is 0 Å². The highest BCUT2D eigenvalue weighted by Crippen LogP contribution is 2.20. The summed E-state index contributed by atoms with van der Waals surface area (Å²) < 4.78 is 26.8. The first kappa shape index (κ1) is 15.8. The first-order valence-corrected chi connectivity index (χ1v) is 8.81. The molecule has 0 amide bonds. The summed E-state index contributed by atoms with van der Waals surface area (Å²) in [5.74, 6) is 0.324. The lowest BCUT2D eigenvalue weighted by atomic mass is 10.2. The van der Waals surface area contributed by atoms with Gasteiger partial charge in [0, 0.05) is 38.1 Å². The fourth-order valence-corrected chi connectivity index (χ4v) is 4.06. The molecule has 0 aliphatic carbocycles. The van der Waals surface area contributed by atoms with Crippen LogP contribution in [0.15, 0.2) is 29.2 Å². The fraction of sp³-hybridized carbons (Fsp3) is 0.571. The number of hydrogen-bond donors (Lipinski definition) is 0. The van der Waals surface area contributed by atoms with Crippen molar-refractivity contribution in [1.82, 2.24) is 9.21 Å². The molecule has 1 aliphatic heterocycles. The second-order valence-corrected chi connectivity index (χ2v) is 7.52. The van der Waals surface area contributed by atoms with E-state index in [2.05, 4.69) is 18.7 Å². The van der Waals surface area contributed by atoms with E-state index in [-0.39, 0.29) is 0 Å². The molecule has 1 aromatic carbocycles. The van der Waals surface area contributed by atoms with Crippen molar-refractivity contribution in [2.75, 3.05) is 26.2 Å². The molecule has 0 spiro atoms. The molecule has 0 bridgehead atoms. The summed E-state index contributed by atoms with van der Waals surface area (Å²) in [7, 11) is -3.40. The van der Waals surface area contributed by atoms with Gasteiger partial charge in [-0.2, -0.15) is 4.31 Å². The summed E-state index contributed by atoms with van der Waals surface area (Å²) >= 11 is 5.77. The second-order valence-electron chi connectivity index (χ2n) is 5.31. The molecule has 6 heteroatoms. The zero-order chi connectivity index (χ0) is 14.8. The quantitative estimate of drug-likeness (QED) is 0.799. The summed E-state index contributed by atoms with van der Waals surface area (Å²) in [5.41, 5.74) is 0.827. The van der Waals surface area contributed by atoms with Crippen LogP contribution >= 0.6 is 11.6 Å². The highest BCUT2D eigenvalue weighted by Gasteiger charge is 2.29. The molecule has 0 N–H and O–H groups in total. The molecule has 0 unspecified atom stereocenters. The first-order valence-electron chi connectivity index (χ1n) is 6.84. The van der Waals surface area contributed by atoms with E-state index in [0.717, 1.165) is 18.7 Å². The Bertz CT molecular complexity index is 552. The smallest absolute Gasteiger partial charge is 0.243 e. The number of piperazine rings is 1. The maximum atomic E-state index is 12.6. The second kappa shape index (κ2) is 6.43. The largest absolute Gasteiger partial charge is 0.298 e. The molecule has 112 valence electrons. The third kappa shape index (κ3) is 3.34. The Morgan fingerprint density at radius 3 is 2.40 bits per heavy atom. The average molecular weight is 317 g/mol. The van der Waals surface area contributed by atoms with Crippen molar-refractivity contribution < 1.29 is 8.42 Å². The Hall–Kier alpha value is -0.620. The van der Waals surface area contributed by atoms with Gasteiger partial charge in [-0.1, -0.05) is 12.1 Å². The number of sulfonamides is 1. The van der Waals surface area contributed by atoms with Gasteiger partial charge in [0.1, 0.15) is 0 Å². The minimum Gasteiger partial charge on any atom is -0.298 e. The molecular weight excluding hydrogens is 296 g/mol. The number of halogens is 1. The third-order valence-electron chi connectivity index (χ3n) is 3.69. The van der Waals surface area contributed by atoms with Crippen LogP contribution in [0, 0.1) is 0 Å². The lowest BCUT2D eigenvalue weighted by Crippen LogP contribution is -2.50. The van der Waals surface area contributed by atoms with Crippen molar-refractivity contribution >= 4 is 21.6 Å². The van der Waals surface area contributed by atoms with Gasteiger partial charge in [0.25, 0.3) is 0 Å². The molecule has 1 fully saturated rings. The molecule has 0 saturated carbocycles. The van der Waals surface area contributed by atoms with Crippen LogP contribution in [0.1, 0.15) is 19.4 Å². The highest BCUT2D eigenvalue weighted by molar-refractivity contribution is 7.89. The standard InChI is InChI=1S/C14H21ClN2O2S/c1-12(2)16-6-8-17(9-7-16)20(18,19)14-5-3-4-13(10-14)11-15/h3-5,10,12H,6-9,11H2,1-2H3. The Kier molecular flexibility index (Phi) is 5.07. The van der Waals surface area contributed by atoms with E-state index >= 15 is 0 Å². The number of nitrogens with zero attached hydrogens (tertiary/aromatic N) is 2. The molecule has 0 radical (unpaired) electrons. The zero-order valence-corrected chi connectivity index (χ0v) is 13.5. The van der Waals surface area contributed by atoms with Gasteiger partial charge < -0.3 is 0 Å². The van der Waals surface area contributed by atoms with Crippen molar-refractivity contribution in [3.8, 4) is 0 Å². The average Bonchev–Trinajstić information content (AvgIpc) is 2.47. The molecule has 4 nitrogen and oxygen atoms in total. The molecule has 1 heterocycles. The van der Waals surface area contributed by atoms with Gasteiger partial charge >= 0.3 is 0 Å². The normalized spacial score (nSPS) is 18.6. The van der Waals surface area contributed by atoms with E-state index in [1.165, 1.54) is 0 Å². The minimum absolute atomic E-state index is 0.324. The van der Waals surface area contributed by atoms with E-state index in [0.29, 0.717) is 29.9 Å². The van der Waals surface area contributed by atoms with Crippen molar-refractivity contribution in [3.63, 3.8) is 0 Å². The van der Waals surface area contributed by atoms with E-state index < -0.39 is 10.0 Å². The van der Waals surface area contributed by atoms with Crippen LogP contribution in [-0.2, 0) is 15.9 Å². The Balaban J connectivity index is 2.15. The Morgan fingerprint density at radius 2 is 1.85 bits per heavy atom. The van der Waals surface area contributed by atoms with Crippen LogP contribution in [0.4, 0.5) is 0 Å². The molecule has 1 aliphatic rings. The Morgan fingerprint density at radius 1 is 1.20 bits per heavy atom. The summed E-state index contributed by atoms with van der Waals surface area (Å²) in [5, 5.41) is 0. The van der Waals surface area contributed by atoms with Gasteiger partial charge in [0.05, 0.1) is 4.90 Å². The topological polar surface area (TPSA) is 40.6 Å². The fourth-order valence-electron chi connectivity index (χ4n) is 2.40. The predicted octanol–water partition coefficient (Wildman–Crippen LogP) is 2.14. The summed E-state index contributed by atoms with van der Waals surface area (Å²) in [4.78, 5) is 2.63. The maximum absolute atomic E-state index is 12.6. The third-order valence-corrected chi connectivity index (χ3v) is 5.90. The molecule has 20 heavy (non-hydrogen) atoms. The summed E-state index contributed by atoms with van der Waals surface area (Å²) in [6, 6.07) is 7.34. The van der Waals surface area contributed by atoms with Crippen molar-refractivity contribution in [2.24, 2.45) is 0 Å². The molecular formula is C14H21ClN2O2S. The highest BCUT2D eigenvalue weighted by atomic mass is 35.5. The molecule has 1 saturated heterocycles. The number of alkyl halides is 1. The van der Waals surface area contributed by atoms with Crippen molar-refractivity contribution in [3.05, 3.63) is 29.8 Å². The lowest BCUT2D eigenvalue weighted by molar-refractivity contribution is 0.154. The van der Waals surface area contributed by atoms with E-state index in [1.807, 2.05) is 6.07 Å². The molecule has 1 aromatic rings. The minimum atomic E-state index is -3.40. The van der Waals surface area contributed by atoms with E-state index in [4.69, 9.17) is 11.6 Å². The van der Waals surface area contributed by atoms with E-state index in [1.54, 1.807) is 22.5 Å².